The van der Waals surface area contributed by atoms with E-state index >= 15 is 0 Å². The van der Waals surface area contributed by atoms with Crippen LogP contribution in [-0.4, -0.2) is 37.5 Å². The van der Waals surface area contributed by atoms with E-state index in [2.05, 4.69) is 26.1 Å². The molecule has 0 spiro atoms. The summed E-state index contributed by atoms with van der Waals surface area (Å²) in [4.78, 5) is 27.1. The fourth-order valence-corrected chi connectivity index (χ4v) is 3.62. The van der Waals surface area contributed by atoms with Crippen LogP contribution in [0.5, 0.6) is 11.5 Å². The minimum atomic E-state index is -0.620. The van der Waals surface area contributed by atoms with Crippen LogP contribution in [0.15, 0.2) is 36.4 Å². The highest BCUT2D eigenvalue weighted by Gasteiger charge is 2.28. The van der Waals surface area contributed by atoms with Crippen LogP contribution in [0.1, 0.15) is 37.5 Å². The molecule has 29 heavy (non-hydrogen) atoms. The van der Waals surface area contributed by atoms with Crippen LogP contribution in [0.4, 0.5) is 5.69 Å². The van der Waals surface area contributed by atoms with Crippen LogP contribution in [0.2, 0.25) is 0 Å². The number of anilines is 1. The first-order chi connectivity index (χ1) is 13.7. The third kappa shape index (κ3) is 4.36. The smallest absolute Gasteiger partial charge is 0.313 e. The number of carbonyl (C=O) groups excluding carboxylic acids is 2. The van der Waals surface area contributed by atoms with Crippen molar-refractivity contribution in [2.75, 3.05) is 26.1 Å². The molecule has 2 aromatic rings. The number of ether oxygens (including phenoxy) is 2. The van der Waals surface area contributed by atoms with Gasteiger partial charge in [0.2, 0.25) is 0 Å². The van der Waals surface area contributed by atoms with E-state index in [1.807, 2.05) is 36.4 Å². The normalized spacial score (nSPS) is 13.5. The van der Waals surface area contributed by atoms with Gasteiger partial charge in [-0.1, -0.05) is 39.0 Å². The highest BCUT2D eigenvalue weighted by Crippen LogP contribution is 2.33. The van der Waals surface area contributed by atoms with Gasteiger partial charge < -0.3 is 19.7 Å². The Morgan fingerprint density at radius 2 is 1.62 bits per heavy atom. The standard InChI is InChI=1S/C23H28N2O4/c1-23(2,3)17-8-6-7-9-18(17)24-21(26)22(27)25-11-10-15-12-19(28-4)20(29-5)13-16(15)14-25/h6-9,12-13H,10-11,14H2,1-5H3,(H,24,26). The number of fused-ring (bicyclic) bond motifs is 1. The van der Waals surface area contributed by atoms with Crippen molar-refractivity contribution >= 4 is 17.5 Å². The third-order valence-electron chi connectivity index (χ3n) is 5.18. The number of amides is 2. The molecule has 0 aliphatic carbocycles. The lowest BCUT2D eigenvalue weighted by molar-refractivity contribution is -0.143. The summed E-state index contributed by atoms with van der Waals surface area (Å²) in [5.74, 6) is 0.131. The zero-order chi connectivity index (χ0) is 21.2. The summed E-state index contributed by atoms with van der Waals surface area (Å²) in [5.41, 5.74) is 3.58. The molecule has 2 aromatic carbocycles. The number of hydrogen-bond donors (Lipinski definition) is 1. The van der Waals surface area contributed by atoms with Gasteiger partial charge in [-0.3, -0.25) is 9.59 Å². The zero-order valence-electron chi connectivity index (χ0n) is 17.7. The maximum atomic E-state index is 12.8. The first kappa shape index (κ1) is 20.7. The van der Waals surface area contributed by atoms with Gasteiger partial charge in [0, 0.05) is 18.8 Å². The largest absolute Gasteiger partial charge is 0.493 e. The lowest BCUT2D eigenvalue weighted by Crippen LogP contribution is -2.42. The van der Waals surface area contributed by atoms with Gasteiger partial charge in [0.05, 0.1) is 14.2 Å². The lowest BCUT2D eigenvalue weighted by atomic mass is 9.86. The van der Waals surface area contributed by atoms with E-state index in [0.29, 0.717) is 36.7 Å². The Labute approximate surface area is 171 Å². The summed E-state index contributed by atoms with van der Waals surface area (Å²) in [7, 11) is 3.18. The van der Waals surface area contributed by atoms with E-state index in [-0.39, 0.29) is 5.41 Å². The van der Waals surface area contributed by atoms with Gasteiger partial charge in [-0.05, 0) is 46.7 Å². The molecule has 0 radical (unpaired) electrons. The van der Waals surface area contributed by atoms with Gasteiger partial charge >= 0.3 is 11.8 Å². The van der Waals surface area contributed by atoms with E-state index < -0.39 is 11.8 Å². The molecule has 1 heterocycles. The summed E-state index contributed by atoms with van der Waals surface area (Å²) >= 11 is 0. The molecule has 6 heteroatoms. The number of carbonyl (C=O) groups is 2. The Balaban J connectivity index is 1.76. The minimum absolute atomic E-state index is 0.146. The van der Waals surface area contributed by atoms with Crippen molar-refractivity contribution in [3.05, 3.63) is 53.1 Å². The zero-order valence-corrected chi connectivity index (χ0v) is 17.7. The first-order valence-corrected chi connectivity index (χ1v) is 9.68. The number of nitrogens with one attached hydrogen (secondary N) is 1. The van der Waals surface area contributed by atoms with Crippen molar-refractivity contribution in [2.45, 2.75) is 39.2 Å². The minimum Gasteiger partial charge on any atom is -0.493 e. The molecule has 0 saturated heterocycles. The van der Waals surface area contributed by atoms with Crippen LogP contribution in [0, 0.1) is 0 Å². The topological polar surface area (TPSA) is 67.9 Å². The molecule has 6 nitrogen and oxygen atoms in total. The van der Waals surface area contributed by atoms with Crippen LogP contribution in [-0.2, 0) is 28.0 Å². The molecule has 0 aromatic heterocycles. The van der Waals surface area contributed by atoms with Gasteiger partial charge in [-0.2, -0.15) is 0 Å². The molecule has 1 N–H and O–H groups in total. The Morgan fingerprint density at radius 1 is 1.00 bits per heavy atom. The third-order valence-corrected chi connectivity index (χ3v) is 5.18. The van der Waals surface area contributed by atoms with E-state index in [4.69, 9.17) is 9.47 Å². The van der Waals surface area contributed by atoms with E-state index in [9.17, 15) is 9.59 Å². The number of rotatable bonds is 3. The van der Waals surface area contributed by atoms with Gasteiger partial charge in [0.25, 0.3) is 0 Å². The quantitative estimate of drug-likeness (QED) is 0.806. The Kier molecular flexibility index (Phi) is 5.82. The molecule has 2 amide bonds. The van der Waals surface area contributed by atoms with Crippen molar-refractivity contribution in [3.8, 4) is 11.5 Å². The maximum Gasteiger partial charge on any atom is 0.313 e. The van der Waals surface area contributed by atoms with Crippen LogP contribution in [0.25, 0.3) is 0 Å². The van der Waals surface area contributed by atoms with Crippen LogP contribution in [0.3, 0.4) is 0 Å². The van der Waals surface area contributed by atoms with Gasteiger partial charge in [0.15, 0.2) is 11.5 Å². The molecule has 0 unspecified atom stereocenters. The summed E-state index contributed by atoms with van der Waals surface area (Å²) in [6, 6.07) is 11.4. The second-order valence-electron chi connectivity index (χ2n) is 8.20. The Morgan fingerprint density at radius 3 is 2.24 bits per heavy atom. The second-order valence-corrected chi connectivity index (χ2v) is 8.20. The number of para-hydroxylation sites is 1. The average molecular weight is 396 g/mol. The number of methoxy groups -OCH3 is 2. The molecule has 0 atom stereocenters. The lowest BCUT2D eigenvalue weighted by Gasteiger charge is -2.29. The first-order valence-electron chi connectivity index (χ1n) is 9.68. The predicted molar refractivity (Wildman–Crippen MR) is 112 cm³/mol. The highest BCUT2D eigenvalue weighted by atomic mass is 16.5. The summed E-state index contributed by atoms with van der Waals surface area (Å²) < 4.78 is 10.7. The molecule has 0 fully saturated rings. The average Bonchev–Trinajstić information content (AvgIpc) is 2.71. The van der Waals surface area contributed by atoms with Gasteiger partial charge in [-0.25, -0.2) is 0 Å². The van der Waals surface area contributed by atoms with Crippen LogP contribution >= 0.6 is 0 Å². The molecular formula is C23H28N2O4. The van der Waals surface area contributed by atoms with Crippen molar-refractivity contribution in [3.63, 3.8) is 0 Å². The SMILES string of the molecule is COc1cc2c(cc1OC)CN(C(=O)C(=O)Nc1ccccc1C(C)(C)C)CC2. The molecule has 1 aliphatic heterocycles. The number of hydrogen-bond acceptors (Lipinski definition) is 4. The molecule has 0 saturated carbocycles. The van der Waals surface area contributed by atoms with Crippen molar-refractivity contribution < 1.29 is 19.1 Å². The maximum absolute atomic E-state index is 12.8. The highest BCUT2D eigenvalue weighted by molar-refractivity contribution is 6.39. The van der Waals surface area contributed by atoms with Crippen molar-refractivity contribution in [1.82, 2.24) is 4.90 Å². The summed E-state index contributed by atoms with van der Waals surface area (Å²) in [6.07, 6.45) is 0.660. The van der Waals surface area contributed by atoms with Gasteiger partial charge in [-0.15, -0.1) is 0 Å². The Bertz CT molecular complexity index is 931. The molecule has 3 rings (SSSR count). The van der Waals surface area contributed by atoms with E-state index in [1.165, 1.54) is 0 Å². The summed E-state index contributed by atoms with van der Waals surface area (Å²) in [5, 5.41) is 2.80. The fourth-order valence-electron chi connectivity index (χ4n) is 3.62. The molecule has 154 valence electrons. The van der Waals surface area contributed by atoms with Crippen molar-refractivity contribution in [2.24, 2.45) is 0 Å². The summed E-state index contributed by atoms with van der Waals surface area (Å²) in [6.45, 7) is 7.06. The number of nitrogens with zero attached hydrogens (tertiary/aromatic N) is 1. The molecule has 0 bridgehead atoms. The second kappa shape index (κ2) is 8.15. The number of benzene rings is 2. The Hall–Kier alpha value is -3.02. The predicted octanol–water partition coefficient (Wildman–Crippen LogP) is 3.52. The molecule has 1 aliphatic rings. The molecular weight excluding hydrogens is 368 g/mol. The fraction of sp³-hybridized carbons (Fsp3) is 0.391. The monoisotopic (exact) mass is 396 g/mol. The van der Waals surface area contributed by atoms with E-state index in [1.54, 1.807) is 19.1 Å². The van der Waals surface area contributed by atoms with Crippen molar-refractivity contribution in [1.29, 1.82) is 0 Å². The van der Waals surface area contributed by atoms with Gasteiger partial charge in [0.1, 0.15) is 0 Å². The van der Waals surface area contributed by atoms with Crippen LogP contribution < -0.4 is 14.8 Å². The van der Waals surface area contributed by atoms with E-state index in [0.717, 1.165) is 16.7 Å².